The zero-order valence-electron chi connectivity index (χ0n) is 10.2. The van der Waals surface area contributed by atoms with E-state index < -0.39 is 0 Å². The van der Waals surface area contributed by atoms with Crippen LogP contribution < -0.4 is 16.4 Å². The number of halogens is 1. The van der Waals surface area contributed by atoms with Crippen molar-refractivity contribution in [2.45, 2.75) is 6.42 Å². The highest BCUT2D eigenvalue weighted by molar-refractivity contribution is 9.10. The number of carbonyl (C=O) groups is 1. The number of hydrogen-bond acceptors (Lipinski definition) is 5. The molecule has 7 heteroatoms. The number of aromatic nitrogens is 1. The number of nitrogens with one attached hydrogen (secondary N) is 2. The van der Waals surface area contributed by atoms with Crippen LogP contribution >= 0.6 is 15.9 Å². The van der Waals surface area contributed by atoms with Crippen LogP contribution in [0, 0.1) is 0 Å². The SMILES string of the molecule is COCCNC(=O)CCNc1ncc(N)cc1Br. The molecule has 0 aromatic carbocycles. The second kappa shape index (κ2) is 7.88. The molecule has 18 heavy (non-hydrogen) atoms. The molecule has 0 aliphatic rings. The molecule has 0 unspecified atom stereocenters. The minimum atomic E-state index is -0.0221. The molecular weight excluding hydrogens is 300 g/mol. The average Bonchev–Trinajstić information content (AvgIpc) is 2.32. The van der Waals surface area contributed by atoms with Crippen LogP contribution in [0.4, 0.5) is 11.5 Å². The summed E-state index contributed by atoms with van der Waals surface area (Å²) in [6, 6.07) is 1.76. The molecule has 100 valence electrons. The van der Waals surface area contributed by atoms with Gasteiger partial charge in [-0.1, -0.05) is 0 Å². The number of rotatable bonds is 7. The van der Waals surface area contributed by atoms with Gasteiger partial charge in [0.1, 0.15) is 5.82 Å². The van der Waals surface area contributed by atoms with Crippen molar-refractivity contribution in [1.82, 2.24) is 10.3 Å². The molecule has 1 rings (SSSR count). The Bertz CT molecular complexity index is 401. The van der Waals surface area contributed by atoms with Gasteiger partial charge in [0.2, 0.25) is 5.91 Å². The summed E-state index contributed by atoms with van der Waals surface area (Å²) in [5.41, 5.74) is 6.16. The lowest BCUT2D eigenvalue weighted by Gasteiger charge is -2.08. The molecule has 1 aromatic heterocycles. The molecule has 0 radical (unpaired) electrons. The van der Waals surface area contributed by atoms with Crippen LogP contribution in [0.1, 0.15) is 6.42 Å². The van der Waals surface area contributed by atoms with E-state index in [9.17, 15) is 4.79 Å². The highest BCUT2D eigenvalue weighted by Crippen LogP contribution is 2.21. The molecule has 0 aliphatic heterocycles. The van der Waals surface area contributed by atoms with Crippen LogP contribution in [0.15, 0.2) is 16.7 Å². The topological polar surface area (TPSA) is 89.3 Å². The molecule has 1 amide bonds. The number of anilines is 2. The normalized spacial score (nSPS) is 10.1. The number of pyridine rings is 1. The molecule has 0 fully saturated rings. The Hall–Kier alpha value is -1.34. The summed E-state index contributed by atoms with van der Waals surface area (Å²) < 4.78 is 5.61. The van der Waals surface area contributed by atoms with Gasteiger partial charge >= 0.3 is 0 Å². The Morgan fingerprint density at radius 1 is 1.56 bits per heavy atom. The highest BCUT2D eigenvalue weighted by atomic mass is 79.9. The molecule has 6 nitrogen and oxygen atoms in total. The van der Waals surface area contributed by atoms with Gasteiger partial charge in [0, 0.05) is 26.6 Å². The Balaban J connectivity index is 2.26. The third kappa shape index (κ3) is 5.33. The van der Waals surface area contributed by atoms with Crippen LogP contribution in [-0.2, 0) is 9.53 Å². The number of nitrogen functional groups attached to an aromatic ring is 1. The van der Waals surface area contributed by atoms with E-state index in [-0.39, 0.29) is 5.91 Å². The third-order valence-electron chi connectivity index (χ3n) is 2.14. The zero-order chi connectivity index (χ0) is 13.4. The van der Waals surface area contributed by atoms with E-state index in [2.05, 4.69) is 31.5 Å². The van der Waals surface area contributed by atoms with Crippen LogP contribution in [-0.4, -0.2) is 37.7 Å². The Morgan fingerprint density at radius 3 is 3.00 bits per heavy atom. The molecule has 0 aliphatic carbocycles. The number of carbonyl (C=O) groups excluding carboxylic acids is 1. The summed E-state index contributed by atoms with van der Waals surface area (Å²) in [6.45, 7) is 1.55. The standard InChI is InChI=1S/C11H17BrN4O2/c1-18-5-4-14-10(17)2-3-15-11-9(12)6-8(13)7-16-11/h6-7H,2-5,13H2,1H3,(H,14,17)(H,15,16). The smallest absolute Gasteiger partial charge is 0.221 e. The van der Waals surface area contributed by atoms with Crippen LogP contribution in [0.5, 0.6) is 0 Å². The first-order valence-corrected chi connectivity index (χ1v) is 6.33. The fourth-order valence-electron chi connectivity index (χ4n) is 1.26. The molecule has 0 atom stereocenters. The van der Waals surface area contributed by atoms with Crippen molar-refractivity contribution >= 4 is 33.3 Å². The first-order valence-electron chi connectivity index (χ1n) is 5.54. The van der Waals surface area contributed by atoms with Crippen molar-refractivity contribution in [2.24, 2.45) is 0 Å². The minimum Gasteiger partial charge on any atom is -0.397 e. The van der Waals surface area contributed by atoms with Gasteiger partial charge in [0.25, 0.3) is 0 Å². The van der Waals surface area contributed by atoms with Gasteiger partial charge in [-0.25, -0.2) is 4.98 Å². The van der Waals surface area contributed by atoms with Crippen LogP contribution in [0.25, 0.3) is 0 Å². The van der Waals surface area contributed by atoms with E-state index in [4.69, 9.17) is 10.5 Å². The summed E-state index contributed by atoms with van der Waals surface area (Å²) >= 11 is 3.34. The first-order chi connectivity index (χ1) is 8.63. The predicted molar refractivity (Wildman–Crippen MR) is 74.3 cm³/mol. The first kappa shape index (κ1) is 14.7. The Kier molecular flexibility index (Phi) is 6.45. The average molecular weight is 317 g/mol. The number of hydrogen-bond donors (Lipinski definition) is 3. The van der Waals surface area contributed by atoms with Crippen molar-refractivity contribution in [2.75, 3.05) is 37.9 Å². The van der Waals surface area contributed by atoms with Gasteiger partial charge in [0.05, 0.1) is 23.0 Å². The molecule has 1 aromatic rings. The fraction of sp³-hybridized carbons (Fsp3) is 0.455. The number of nitrogens with zero attached hydrogens (tertiary/aromatic N) is 1. The van der Waals surface area contributed by atoms with Crippen molar-refractivity contribution in [3.63, 3.8) is 0 Å². The largest absolute Gasteiger partial charge is 0.397 e. The van der Waals surface area contributed by atoms with Crippen molar-refractivity contribution in [1.29, 1.82) is 0 Å². The fourth-order valence-corrected chi connectivity index (χ4v) is 1.77. The van der Waals surface area contributed by atoms with Gasteiger partial charge in [-0.2, -0.15) is 0 Å². The van der Waals surface area contributed by atoms with E-state index in [1.165, 1.54) is 0 Å². The van der Waals surface area contributed by atoms with Gasteiger partial charge < -0.3 is 21.1 Å². The van der Waals surface area contributed by atoms with E-state index in [1.807, 2.05) is 0 Å². The highest BCUT2D eigenvalue weighted by Gasteiger charge is 2.03. The van der Waals surface area contributed by atoms with Crippen molar-refractivity contribution in [3.05, 3.63) is 16.7 Å². The molecule has 4 N–H and O–H groups in total. The summed E-state index contributed by atoms with van der Waals surface area (Å²) in [4.78, 5) is 15.5. The van der Waals surface area contributed by atoms with Gasteiger partial charge in [-0.05, 0) is 22.0 Å². The predicted octanol–water partition coefficient (Wildman–Crippen LogP) is 0.991. The van der Waals surface area contributed by atoms with Gasteiger partial charge in [-0.15, -0.1) is 0 Å². The zero-order valence-corrected chi connectivity index (χ0v) is 11.8. The molecule has 0 saturated heterocycles. The number of ether oxygens (including phenoxy) is 1. The summed E-state index contributed by atoms with van der Waals surface area (Å²) in [6.07, 6.45) is 1.94. The number of methoxy groups -OCH3 is 1. The second-order valence-corrected chi connectivity index (χ2v) is 4.47. The van der Waals surface area contributed by atoms with E-state index >= 15 is 0 Å². The lowest BCUT2D eigenvalue weighted by atomic mass is 10.3. The summed E-state index contributed by atoms with van der Waals surface area (Å²) in [5, 5.41) is 5.79. The minimum absolute atomic E-state index is 0.0221. The van der Waals surface area contributed by atoms with E-state index in [0.29, 0.717) is 37.6 Å². The molecule has 1 heterocycles. The maximum absolute atomic E-state index is 11.4. The quantitative estimate of drug-likeness (QED) is 0.653. The molecular formula is C11H17BrN4O2. The maximum atomic E-state index is 11.4. The molecule has 0 spiro atoms. The lowest BCUT2D eigenvalue weighted by Crippen LogP contribution is -2.28. The van der Waals surface area contributed by atoms with Crippen LogP contribution in [0.3, 0.4) is 0 Å². The summed E-state index contributed by atoms with van der Waals surface area (Å²) in [5.74, 6) is 0.653. The van der Waals surface area contributed by atoms with Gasteiger partial charge in [0.15, 0.2) is 0 Å². The monoisotopic (exact) mass is 316 g/mol. The van der Waals surface area contributed by atoms with E-state index in [1.54, 1.807) is 19.4 Å². The number of nitrogens with two attached hydrogens (primary N) is 1. The Labute approximate surface area is 114 Å². The van der Waals surface area contributed by atoms with Crippen LogP contribution in [0.2, 0.25) is 0 Å². The molecule has 0 bridgehead atoms. The van der Waals surface area contributed by atoms with Crippen molar-refractivity contribution < 1.29 is 9.53 Å². The third-order valence-corrected chi connectivity index (χ3v) is 2.74. The van der Waals surface area contributed by atoms with E-state index in [0.717, 1.165) is 4.47 Å². The molecule has 0 saturated carbocycles. The second-order valence-electron chi connectivity index (χ2n) is 3.62. The van der Waals surface area contributed by atoms with Crippen molar-refractivity contribution in [3.8, 4) is 0 Å². The Morgan fingerprint density at radius 2 is 2.33 bits per heavy atom. The van der Waals surface area contributed by atoms with Gasteiger partial charge in [-0.3, -0.25) is 4.79 Å². The number of amides is 1. The maximum Gasteiger partial charge on any atom is 0.221 e. The lowest BCUT2D eigenvalue weighted by molar-refractivity contribution is -0.121. The summed E-state index contributed by atoms with van der Waals surface area (Å²) in [7, 11) is 1.60.